The Morgan fingerprint density at radius 2 is 1.48 bits per heavy atom. The fourth-order valence-electron chi connectivity index (χ4n) is 3.20. The van der Waals surface area contributed by atoms with Gasteiger partial charge in [0.2, 0.25) is 0 Å². The van der Waals surface area contributed by atoms with Gasteiger partial charge >= 0.3 is 0 Å². The average molecular weight is 430 g/mol. The molecule has 0 N–H and O–H groups in total. The second kappa shape index (κ2) is 5.19. The van der Waals surface area contributed by atoms with Gasteiger partial charge in [0.1, 0.15) is 24.3 Å². The predicted octanol–water partition coefficient (Wildman–Crippen LogP) is 3.54. The molecule has 0 saturated carbocycles. The lowest BCUT2D eigenvalue weighted by Crippen LogP contribution is -2.34. The van der Waals surface area contributed by atoms with Crippen molar-refractivity contribution in [2.24, 2.45) is 5.92 Å². The smallest absolute Gasteiger partial charge is 0.251 e. The second-order valence-electron chi connectivity index (χ2n) is 5.24. The van der Waals surface area contributed by atoms with Crippen molar-refractivity contribution in [3.05, 3.63) is 38.3 Å². The molecule has 0 spiro atoms. The average Bonchev–Trinajstić information content (AvgIpc) is 2.89. The van der Waals surface area contributed by atoms with Crippen LogP contribution in [0.3, 0.4) is 0 Å². The molecule has 2 atom stereocenters. The first kappa shape index (κ1) is 15.7. The molecule has 1 aliphatic heterocycles. The first-order valence-electron chi connectivity index (χ1n) is 6.50. The van der Waals surface area contributed by atoms with Gasteiger partial charge in [0.15, 0.2) is 0 Å². The lowest BCUT2D eigenvalue weighted by Gasteiger charge is -2.29. The van der Waals surface area contributed by atoms with E-state index in [2.05, 4.69) is 31.9 Å². The number of hydrogen-bond donors (Lipinski definition) is 0. The molecular weight excluding hydrogens is 424 g/mol. The van der Waals surface area contributed by atoms with Crippen molar-refractivity contribution in [3.63, 3.8) is 0 Å². The standard InChI is InChI=1S/C16H6Br2N4O/c17-11-3-4-12(18)13-9(11)1-2-10-14(13)16(7-21,8-22)23-15(10,5-19)6-20/h1-4,10,14H. The number of nitrogens with zero attached hydrogens (tertiary/aromatic N) is 4. The van der Waals surface area contributed by atoms with Crippen LogP contribution in [0.4, 0.5) is 0 Å². The Labute approximate surface area is 149 Å². The first-order chi connectivity index (χ1) is 11.0. The molecule has 0 amide bonds. The molecule has 7 heteroatoms. The van der Waals surface area contributed by atoms with Crippen molar-refractivity contribution in [2.75, 3.05) is 0 Å². The molecule has 2 aliphatic rings. The van der Waals surface area contributed by atoms with Crippen LogP contribution in [-0.2, 0) is 4.74 Å². The van der Waals surface area contributed by atoms with E-state index < -0.39 is 23.0 Å². The van der Waals surface area contributed by atoms with E-state index in [1.54, 1.807) is 18.2 Å². The summed E-state index contributed by atoms with van der Waals surface area (Å²) in [6, 6.07) is 11.1. The summed E-state index contributed by atoms with van der Waals surface area (Å²) in [5.41, 5.74) is -2.29. The molecule has 110 valence electrons. The molecule has 2 unspecified atom stereocenters. The molecular formula is C16H6Br2N4O. The van der Waals surface area contributed by atoms with Crippen LogP contribution in [0.2, 0.25) is 0 Å². The van der Waals surface area contributed by atoms with E-state index in [4.69, 9.17) is 4.74 Å². The minimum atomic E-state index is -1.90. The van der Waals surface area contributed by atoms with E-state index in [0.29, 0.717) is 10.0 Å². The summed E-state index contributed by atoms with van der Waals surface area (Å²) < 4.78 is 6.99. The van der Waals surface area contributed by atoms with Crippen molar-refractivity contribution in [1.29, 1.82) is 21.0 Å². The molecule has 1 heterocycles. The van der Waals surface area contributed by atoms with Crippen molar-refractivity contribution in [3.8, 4) is 24.3 Å². The number of nitriles is 4. The van der Waals surface area contributed by atoms with Gasteiger partial charge in [-0.05, 0) is 23.3 Å². The highest BCUT2D eigenvalue weighted by Gasteiger charge is 2.66. The van der Waals surface area contributed by atoms with Gasteiger partial charge in [-0.3, -0.25) is 0 Å². The van der Waals surface area contributed by atoms with Crippen LogP contribution in [0.25, 0.3) is 6.08 Å². The molecule has 1 saturated heterocycles. The van der Waals surface area contributed by atoms with Gasteiger partial charge in [-0.2, -0.15) is 21.0 Å². The molecule has 0 aromatic heterocycles. The van der Waals surface area contributed by atoms with Crippen LogP contribution in [0.1, 0.15) is 17.0 Å². The predicted molar refractivity (Wildman–Crippen MR) is 86.1 cm³/mol. The molecule has 1 aliphatic carbocycles. The summed E-state index contributed by atoms with van der Waals surface area (Å²) in [7, 11) is 0. The van der Waals surface area contributed by atoms with Gasteiger partial charge in [-0.15, -0.1) is 0 Å². The van der Waals surface area contributed by atoms with Gasteiger partial charge in [0, 0.05) is 14.9 Å². The van der Waals surface area contributed by atoms with Crippen LogP contribution in [0.5, 0.6) is 0 Å². The lowest BCUT2D eigenvalue weighted by molar-refractivity contribution is 0.0122. The van der Waals surface area contributed by atoms with Crippen molar-refractivity contribution >= 4 is 37.9 Å². The molecule has 1 aromatic carbocycles. The molecule has 3 rings (SSSR count). The number of hydrogen-bond acceptors (Lipinski definition) is 5. The zero-order valence-electron chi connectivity index (χ0n) is 11.4. The van der Waals surface area contributed by atoms with Crippen LogP contribution >= 0.6 is 31.9 Å². The Balaban J connectivity index is 2.38. The highest BCUT2D eigenvalue weighted by atomic mass is 79.9. The zero-order valence-corrected chi connectivity index (χ0v) is 14.6. The fourth-order valence-corrected chi connectivity index (χ4v) is 4.27. The molecule has 1 fully saturated rings. The van der Waals surface area contributed by atoms with Gasteiger partial charge in [0.25, 0.3) is 11.2 Å². The quantitative estimate of drug-likeness (QED) is 0.627. The van der Waals surface area contributed by atoms with Crippen molar-refractivity contribution in [2.45, 2.75) is 17.1 Å². The third kappa shape index (κ3) is 1.89. The SMILES string of the molecule is N#CC1(C#N)OC(C#N)(C#N)C2c3c(Br)ccc(Br)c3C=CC21. The normalized spacial score (nSPS) is 25.1. The molecule has 0 bridgehead atoms. The maximum atomic E-state index is 9.60. The number of ether oxygens (including phenoxy) is 1. The van der Waals surface area contributed by atoms with E-state index in [1.165, 1.54) is 0 Å². The van der Waals surface area contributed by atoms with E-state index in [1.807, 2.05) is 30.3 Å². The summed E-state index contributed by atoms with van der Waals surface area (Å²) >= 11 is 6.90. The van der Waals surface area contributed by atoms with E-state index in [0.717, 1.165) is 10.0 Å². The van der Waals surface area contributed by atoms with E-state index in [-0.39, 0.29) is 0 Å². The number of benzene rings is 1. The largest absolute Gasteiger partial charge is 0.311 e. The lowest BCUT2D eigenvalue weighted by atomic mass is 9.69. The highest BCUT2D eigenvalue weighted by Crippen LogP contribution is 2.57. The Kier molecular flexibility index (Phi) is 3.55. The van der Waals surface area contributed by atoms with E-state index >= 15 is 0 Å². The highest BCUT2D eigenvalue weighted by molar-refractivity contribution is 9.11. The summed E-state index contributed by atoms with van der Waals surface area (Å²) in [6.07, 6.45) is 3.45. The molecule has 5 nitrogen and oxygen atoms in total. The maximum absolute atomic E-state index is 9.60. The third-order valence-electron chi connectivity index (χ3n) is 4.21. The fraction of sp³-hybridized carbons (Fsp3) is 0.250. The molecule has 1 aromatic rings. The molecule has 23 heavy (non-hydrogen) atoms. The summed E-state index contributed by atoms with van der Waals surface area (Å²) in [5.74, 6) is -1.46. The van der Waals surface area contributed by atoms with Gasteiger partial charge in [0.05, 0.1) is 5.92 Å². The van der Waals surface area contributed by atoms with Gasteiger partial charge < -0.3 is 4.74 Å². The molecule has 0 radical (unpaired) electrons. The van der Waals surface area contributed by atoms with E-state index in [9.17, 15) is 21.0 Å². The zero-order chi connectivity index (χ0) is 16.8. The van der Waals surface area contributed by atoms with Crippen LogP contribution in [0, 0.1) is 51.2 Å². The number of rotatable bonds is 0. The maximum Gasteiger partial charge on any atom is 0.251 e. The monoisotopic (exact) mass is 428 g/mol. The van der Waals surface area contributed by atoms with Crippen LogP contribution in [-0.4, -0.2) is 11.2 Å². The Bertz CT molecular complexity index is 882. The summed E-state index contributed by atoms with van der Waals surface area (Å²) in [5, 5.41) is 38.2. The minimum absolute atomic E-state index is 0.683. The number of fused-ring (bicyclic) bond motifs is 3. The van der Waals surface area contributed by atoms with Crippen molar-refractivity contribution < 1.29 is 4.74 Å². The summed E-state index contributed by atoms with van der Waals surface area (Å²) in [4.78, 5) is 0. The van der Waals surface area contributed by atoms with Crippen LogP contribution < -0.4 is 0 Å². The third-order valence-corrected chi connectivity index (χ3v) is 5.60. The Hall–Kier alpha value is -2.16. The van der Waals surface area contributed by atoms with Gasteiger partial charge in [-0.25, -0.2) is 0 Å². The van der Waals surface area contributed by atoms with Crippen LogP contribution in [0.15, 0.2) is 27.2 Å². The number of halogens is 2. The Morgan fingerprint density at radius 1 is 0.913 bits per heavy atom. The van der Waals surface area contributed by atoms with Crippen molar-refractivity contribution in [1.82, 2.24) is 0 Å². The second-order valence-corrected chi connectivity index (χ2v) is 6.95. The van der Waals surface area contributed by atoms with Gasteiger partial charge in [-0.1, -0.05) is 44.0 Å². The summed E-state index contributed by atoms with van der Waals surface area (Å²) in [6.45, 7) is 0. The topological polar surface area (TPSA) is 104 Å². The Morgan fingerprint density at radius 3 is 2.04 bits per heavy atom. The first-order valence-corrected chi connectivity index (χ1v) is 8.08. The minimum Gasteiger partial charge on any atom is -0.311 e.